The molecule has 82 valence electrons. The van der Waals surface area contributed by atoms with Gasteiger partial charge in [-0.15, -0.1) is 11.6 Å². The summed E-state index contributed by atoms with van der Waals surface area (Å²) in [6, 6.07) is 4.18. The normalized spacial score (nSPS) is 12.5. The van der Waals surface area contributed by atoms with Crippen LogP contribution >= 0.6 is 27.5 Å². The van der Waals surface area contributed by atoms with Crippen molar-refractivity contribution in [1.82, 2.24) is 0 Å². The van der Waals surface area contributed by atoms with Gasteiger partial charge in [0, 0.05) is 10.9 Å². The number of carbonyl (C=O) groups is 1. The molecule has 0 aromatic heterocycles. The van der Waals surface area contributed by atoms with E-state index in [9.17, 15) is 9.18 Å². The lowest BCUT2D eigenvalue weighted by Crippen LogP contribution is -1.99. The van der Waals surface area contributed by atoms with E-state index in [1.807, 2.05) is 0 Å². The monoisotopic (exact) mass is 294 g/mol. The van der Waals surface area contributed by atoms with Crippen LogP contribution in [0.5, 0.6) is 0 Å². The molecule has 0 aliphatic rings. The Morgan fingerprint density at radius 1 is 1.60 bits per heavy atom. The molecule has 0 spiro atoms. The van der Waals surface area contributed by atoms with Crippen LogP contribution in [0, 0.1) is 5.82 Å². The van der Waals surface area contributed by atoms with Crippen molar-refractivity contribution >= 4 is 33.5 Å². The average Bonchev–Trinajstić information content (AvgIpc) is 2.18. The summed E-state index contributed by atoms with van der Waals surface area (Å²) < 4.78 is 13.6. The van der Waals surface area contributed by atoms with Gasteiger partial charge >= 0.3 is 5.97 Å². The number of carboxylic acid groups (broad SMARTS) is 1. The summed E-state index contributed by atoms with van der Waals surface area (Å²) in [6.45, 7) is 0. The highest BCUT2D eigenvalue weighted by molar-refractivity contribution is 9.10. The van der Waals surface area contributed by atoms with Gasteiger partial charge in [0.2, 0.25) is 0 Å². The Kier molecular flexibility index (Phi) is 4.54. The Morgan fingerprint density at radius 3 is 2.87 bits per heavy atom. The molecule has 0 radical (unpaired) electrons. The van der Waals surface area contributed by atoms with Crippen molar-refractivity contribution in [3.05, 3.63) is 34.1 Å². The van der Waals surface area contributed by atoms with Crippen LogP contribution in [0.25, 0.3) is 0 Å². The lowest BCUT2D eigenvalue weighted by Gasteiger charge is -2.10. The second kappa shape index (κ2) is 5.47. The Morgan fingerprint density at radius 2 is 2.27 bits per heavy atom. The van der Waals surface area contributed by atoms with Gasteiger partial charge in [0.25, 0.3) is 0 Å². The van der Waals surface area contributed by atoms with E-state index in [4.69, 9.17) is 16.7 Å². The number of alkyl halides is 1. The minimum Gasteiger partial charge on any atom is -0.481 e. The highest BCUT2D eigenvalue weighted by atomic mass is 79.9. The fourth-order valence-electron chi connectivity index (χ4n) is 1.16. The molecule has 2 nitrogen and oxygen atoms in total. The third-order valence-electron chi connectivity index (χ3n) is 1.91. The predicted octanol–water partition coefficient (Wildman–Crippen LogP) is 3.73. The molecule has 0 aliphatic carbocycles. The molecule has 1 atom stereocenters. The quantitative estimate of drug-likeness (QED) is 0.859. The molecule has 1 aromatic rings. The van der Waals surface area contributed by atoms with Crippen LogP contribution in [-0.2, 0) is 4.79 Å². The summed E-state index contributed by atoms with van der Waals surface area (Å²) in [7, 11) is 0. The molecule has 5 heteroatoms. The van der Waals surface area contributed by atoms with Crippen LogP contribution in [0.1, 0.15) is 23.8 Å². The Bertz CT molecular complexity index is 370. The molecule has 1 aromatic carbocycles. The predicted molar refractivity (Wildman–Crippen MR) is 59.6 cm³/mol. The number of hydrogen-bond donors (Lipinski definition) is 1. The zero-order valence-corrected chi connectivity index (χ0v) is 10.1. The number of halogens is 3. The van der Waals surface area contributed by atoms with Crippen LogP contribution < -0.4 is 0 Å². The first-order chi connectivity index (χ1) is 7.00. The highest BCUT2D eigenvalue weighted by Gasteiger charge is 2.13. The summed E-state index contributed by atoms with van der Waals surface area (Å²) in [6.07, 6.45) is 0.246. The first-order valence-corrected chi connectivity index (χ1v) is 5.54. The molecule has 0 amide bonds. The molecule has 0 saturated heterocycles. The van der Waals surface area contributed by atoms with Crippen LogP contribution in [0.3, 0.4) is 0 Å². The van der Waals surface area contributed by atoms with Crippen molar-refractivity contribution in [2.45, 2.75) is 18.2 Å². The summed E-state index contributed by atoms with van der Waals surface area (Å²) in [5.74, 6) is -1.29. The molecule has 0 saturated carbocycles. The molecule has 1 unspecified atom stereocenters. The Balaban J connectivity index is 2.76. The largest absolute Gasteiger partial charge is 0.481 e. The Hall–Kier alpha value is -0.610. The third kappa shape index (κ3) is 3.80. The summed E-state index contributed by atoms with van der Waals surface area (Å²) in [5, 5.41) is 7.99. The van der Waals surface area contributed by atoms with E-state index in [-0.39, 0.29) is 18.7 Å². The lowest BCUT2D eigenvalue weighted by atomic mass is 10.1. The average molecular weight is 296 g/mol. The zero-order valence-electron chi connectivity index (χ0n) is 7.71. The number of carboxylic acids is 1. The maximum Gasteiger partial charge on any atom is 0.303 e. The molecule has 0 fully saturated rings. The van der Waals surface area contributed by atoms with Gasteiger partial charge in [0.15, 0.2) is 0 Å². The van der Waals surface area contributed by atoms with Crippen molar-refractivity contribution in [3.8, 4) is 0 Å². The van der Waals surface area contributed by atoms with Crippen molar-refractivity contribution in [2.75, 3.05) is 0 Å². The maximum atomic E-state index is 12.9. The Labute approximate surface area is 100 Å². The van der Waals surface area contributed by atoms with Gasteiger partial charge < -0.3 is 5.11 Å². The molecule has 1 N–H and O–H groups in total. The molecule has 0 aliphatic heterocycles. The van der Waals surface area contributed by atoms with Gasteiger partial charge in [0.05, 0.1) is 5.38 Å². The van der Waals surface area contributed by atoms with E-state index >= 15 is 0 Å². The lowest BCUT2D eigenvalue weighted by molar-refractivity contribution is -0.137. The van der Waals surface area contributed by atoms with Gasteiger partial charge in [-0.2, -0.15) is 0 Å². The molecule has 1 rings (SSSR count). The third-order valence-corrected chi connectivity index (χ3v) is 3.08. The van der Waals surface area contributed by atoms with Crippen LogP contribution in [0.15, 0.2) is 22.7 Å². The molecular formula is C10H9BrClFO2. The van der Waals surface area contributed by atoms with Crippen LogP contribution in [-0.4, -0.2) is 11.1 Å². The molecule has 15 heavy (non-hydrogen) atoms. The highest BCUT2D eigenvalue weighted by Crippen LogP contribution is 2.32. The SMILES string of the molecule is O=C(O)CCC(Cl)c1cc(F)ccc1Br. The van der Waals surface area contributed by atoms with E-state index in [2.05, 4.69) is 15.9 Å². The molecule has 0 heterocycles. The van der Waals surface area contributed by atoms with Crippen molar-refractivity contribution in [2.24, 2.45) is 0 Å². The second-order valence-electron chi connectivity index (χ2n) is 3.07. The number of hydrogen-bond acceptors (Lipinski definition) is 1. The van der Waals surface area contributed by atoms with Gasteiger partial charge in [-0.1, -0.05) is 15.9 Å². The van der Waals surface area contributed by atoms with E-state index in [0.717, 1.165) is 0 Å². The summed E-state index contributed by atoms with van der Waals surface area (Å²) in [4.78, 5) is 10.3. The van der Waals surface area contributed by atoms with Crippen molar-refractivity contribution in [1.29, 1.82) is 0 Å². The van der Waals surface area contributed by atoms with E-state index in [0.29, 0.717) is 10.0 Å². The van der Waals surface area contributed by atoms with Gasteiger partial charge in [-0.3, -0.25) is 4.79 Å². The molecular weight excluding hydrogens is 286 g/mol. The topological polar surface area (TPSA) is 37.3 Å². The number of aliphatic carboxylic acids is 1. The fraction of sp³-hybridized carbons (Fsp3) is 0.300. The smallest absolute Gasteiger partial charge is 0.303 e. The van der Waals surface area contributed by atoms with E-state index in [1.54, 1.807) is 6.07 Å². The minimum absolute atomic E-state index is 0.0306. The number of benzene rings is 1. The van der Waals surface area contributed by atoms with Gasteiger partial charge in [-0.25, -0.2) is 4.39 Å². The minimum atomic E-state index is -0.909. The van der Waals surface area contributed by atoms with Gasteiger partial charge in [-0.05, 0) is 30.2 Å². The van der Waals surface area contributed by atoms with Crippen LogP contribution in [0.4, 0.5) is 4.39 Å². The zero-order chi connectivity index (χ0) is 11.4. The van der Waals surface area contributed by atoms with Crippen LogP contribution in [0.2, 0.25) is 0 Å². The van der Waals surface area contributed by atoms with Crippen molar-refractivity contribution in [3.63, 3.8) is 0 Å². The summed E-state index contributed by atoms with van der Waals surface area (Å²) >= 11 is 9.21. The van der Waals surface area contributed by atoms with E-state index in [1.165, 1.54) is 12.1 Å². The van der Waals surface area contributed by atoms with Crippen molar-refractivity contribution < 1.29 is 14.3 Å². The van der Waals surface area contributed by atoms with E-state index < -0.39 is 11.3 Å². The standard InChI is InChI=1S/C10H9BrClFO2/c11-8-2-1-6(13)5-7(8)9(12)3-4-10(14)15/h1-2,5,9H,3-4H2,(H,14,15). The first-order valence-electron chi connectivity index (χ1n) is 4.31. The fourth-order valence-corrected chi connectivity index (χ4v) is 2.10. The van der Waals surface area contributed by atoms with Gasteiger partial charge in [0.1, 0.15) is 5.82 Å². The first kappa shape index (κ1) is 12.5. The summed E-state index contributed by atoms with van der Waals surface area (Å²) in [5.41, 5.74) is 0.581. The maximum absolute atomic E-state index is 12.9. The second-order valence-corrected chi connectivity index (χ2v) is 4.45. The molecule has 0 bridgehead atoms. The number of rotatable bonds is 4.